The first-order valence-corrected chi connectivity index (χ1v) is 7.64. The monoisotopic (exact) mass is 265 g/mol. The first-order valence-electron chi connectivity index (χ1n) is 5.82. The van der Waals surface area contributed by atoms with Crippen LogP contribution in [0.1, 0.15) is 5.01 Å². The normalized spacial score (nSPS) is 17.4. The highest BCUT2D eigenvalue weighted by Gasteiger charge is 2.12. The van der Waals surface area contributed by atoms with Gasteiger partial charge in [0, 0.05) is 42.5 Å². The third kappa shape index (κ3) is 2.74. The van der Waals surface area contributed by atoms with Crippen molar-refractivity contribution < 1.29 is 0 Å². The standard InChI is InChI=1S/C12H15N3S2/c1-6-16-8-10(1)11-9-17-12(14-11)7-15-4-2-13-3-5-15/h1,6,8-9,13H,2-5,7H2. The highest BCUT2D eigenvalue weighted by molar-refractivity contribution is 7.10. The first kappa shape index (κ1) is 11.3. The summed E-state index contributed by atoms with van der Waals surface area (Å²) in [5.74, 6) is 0. The van der Waals surface area contributed by atoms with E-state index >= 15 is 0 Å². The Kier molecular flexibility index (Phi) is 3.51. The molecule has 0 unspecified atom stereocenters. The number of thiazole rings is 1. The maximum atomic E-state index is 4.71. The number of hydrogen-bond donors (Lipinski definition) is 1. The quantitative estimate of drug-likeness (QED) is 0.923. The van der Waals surface area contributed by atoms with Gasteiger partial charge in [0.25, 0.3) is 0 Å². The summed E-state index contributed by atoms with van der Waals surface area (Å²) in [7, 11) is 0. The van der Waals surface area contributed by atoms with Crippen LogP contribution in [0.2, 0.25) is 0 Å². The van der Waals surface area contributed by atoms with Gasteiger partial charge in [-0.1, -0.05) is 0 Å². The van der Waals surface area contributed by atoms with Gasteiger partial charge in [0.05, 0.1) is 12.2 Å². The summed E-state index contributed by atoms with van der Waals surface area (Å²) < 4.78 is 0. The van der Waals surface area contributed by atoms with Crippen LogP contribution in [0.3, 0.4) is 0 Å². The molecule has 1 aliphatic heterocycles. The van der Waals surface area contributed by atoms with Crippen molar-refractivity contribution in [2.75, 3.05) is 26.2 Å². The summed E-state index contributed by atoms with van der Waals surface area (Å²) in [6, 6.07) is 2.13. The molecule has 0 amide bonds. The van der Waals surface area contributed by atoms with E-state index in [2.05, 4.69) is 32.4 Å². The zero-order valence-corrected chi connectivity index (χ0v) is 11.2. The molecule has 0 aromatic carbocycles. The molecule has 1 fully saturated rings. The molecular weight excluding hydrogens is 250 g/mol. The molecule has 3 nitrogen and oxygen atoms in total. The van der Waals surface area contributed by atoms with Crippen LogP contribution in [0.25, 0.3) is 11.3 Å². The maximum absolute atomic E-state index is 4.71. The largest absolute Gasteiger partial charge is 0.314 e. The molecule has 5 heteroatoms. The fourth-order valence-electron chi connectivity index (χ4n) is 1.99. The molecule has 3 heterocycles. The van der Waals surface area contributed by atoms with E-state index in [-0.39, 0.29) is 0 Å². The lowest BCUT2D eigenvalue weighted by atomic mass is 10.3. The summed E-state index contributed by atoms with van der Waals surface area (Å²) in [4.78, 5) is 7.17. The average Bonchev–Trinajstić information content (AvgIpc) is 3.00. The molecule has 0 atom stereocenters. The Morgan fingerprint density at radius 1 is 1.29 bits per heavy atom. The van der Waals surface area contributed by atoms with Crippen molar-refractivity contribution >= 4 is 22.7 Å². The van der Waals surface area contributed by atoms with Crippen molar-refractivity contribution in [2.45, 2.75) is 6.54 Å². The average molecular weight is 265 g/mol. The number of nitrogens with one attached hydrogen (secondary N) is 1. The second kappa shape index (κ2) is 5.27. The van der Waals surface area contributed by atoms with Gasteiger partial charge in [-0.25, -0.2) is 4.98 Å². The molecule has 90 valence electrons. The fraction of sp³-hybridized carbons (Fsp3) is 0.417. The Morgan fingerprint density at radius 3 is 2.94 bits per heavy atom. The van der Waals surface area contributed by atoms with Crippen molar-refractivity contribution in [3.05, 3.63) is 27.2 Å². The van der Waals surface area contributed by atoms with Crippen LogP contribution in [0.15, 0.2) is 22.2 Å². The van der Waals surface area contributed by atoms with Gasteiger partial charge in [-0.2, -0.15) is 11.3 Å². The lowest BCUT2D eigenvalue weighted by molar-refractivity contribution is 0.233. The lowest BCUT2D eigenvalue weighted by Gasteiger charge is -2.26. The molecule has 0 radical (unpaired) electrons. The van der Waals surface area contributed by atoms with Crippen molar-refractivity contribution in [2.24, 2.45) is 0 Å². The van der Waals surface area contributed by atoms with E-state index in [1.165, 1.54) is 10.6 Å². The molecule has 3 rings (SSSR count). The van der Waals surface area contributed by atoms with E-state index in [4.69, 9.17) is 4.98 Å². The predicted molar refractivity (Wildman–Crippen MR) is 73.6 cm³/mol. The van der Waals surface area contributed by atoms with Gasteiger partial charge in [-0.05, 0) is 11.4 Å². The molecule has 1 saturated heterocycles. The molecule has 0 aliphatic carbocycles. The van der Waals surface area contributed by atoms with Crippen LogP contribution >= 0.6 is 22.7 Å². The molecular formula is C12H15N3S2. The molecule has 0 bridgehead atoms. The van der Waals surface area contributed by atoms with Crippen LogP contribution in [0.4, 0.5) is 0 Å². The summed E-state index contributed by atoms with van der Waals surface area (Å²) >= 11 is 3.50. The molecule has 1 aliphatic rings. The lowest BCUT2D eigenvalue weighted by Crippen LogP contribution is -2.42. The number of hydrogen-bond acceptors (Lipinski definition) is 5. The highest BCUT2D eigenvalue weighted by Crippen LogP contribution is 2.24. The number of rotatable bonds is 3. The van der Waals surface area contributed by atoms with Crippen LogP contribution < -0.4 is 5.32 Å². The number of nitrogens with zero attached hydrogens (tertiary/aromatic N) is 2. The first-order chi connectivity index (χ1) is 8.42. The van der Waals surface area contributed by atoms with Gasteiger partial charge in [-0.3, -0.25) is 4.90 Å². The number of piperazine rings is 1. The van der Waals surface area contributed by atoms with Crippen molar-refractivity contribution in [3.63, 3.8) is 0 Å². The Labute approximate surface area is 109 Å². The van der Waals surface area contributed by atoms with Gasteiger partial charge >= 0.3 is 0 Å². The SMILES string of the molecule is c1cc(-c2csc(CN3CCNCC3)n2)cs1. The zero-order chi connectivity index (χ0) is 11.5. The maximum Gasteiger partial charge on any atom is 0.107 e. The Hall–Kier alpha value is -0.750. The molecule has 1 N–H and O–H groups in total. The van der Waals surface area contributed by atoms with Crippen molar-refractivity contribution in [1.82, 2.24) is 15.2 Å². The van der Waals surface area contributed by atoms with Gasteiger partial charge in [-0.15, -0.1) is 11.3 Å². The van der Waals surface area contributed by atoms with Crippen molar-refractivity contribution in [1.29, 1.82) is 0 Å². The van der Waals surface area contributed by atoms with E-state index in [0.717, 1.165) is 38.4 Å². The minimum Gasteiger partial charge on any atom is -0.314 e. The van der Waals surface area contributed by atoms with E-state index in [1.54, 1.807) is 22.7 Å². The third-order valence-electron chi connectivity index (χ3n) is 2.94. The molecule has 2 aromatic heterocycles. The molecule has 0 saturated carbocycles. The Morgan fingerprint density at radius 2 is 2.18 bits per heavy atom. The van der Waals surface area contributed by atoms with Gasteiger partial charge in [0.15, 0.2) is 0 Å². The smallest absolute Gasteiger partial charge is 0.107 e. The van der Waals surface area contributed by atoms with Gasteiger partial charge in [0.2, 0.25) is 0 Å². The zero-order valence-electron chi connectivity index (χ0n) is 9.56. The topological polar surface area (TPSA) is 28.2 Å². The second-order valence-electron chi connectivity index (χ2n) is 4.16. The van der Waals surface area contributed by atoms with E-state index < -0.39 is 0 Å². The minimum atomic E-state index is 0.997. The Balaban J connectivity index is 1.68. The van der Waals surface area contributed by atoms with Crippen molar-refractivity contribution in [3.8, 4) is 11.3 Å². The summed E-state index contributed by atoms with van der Waals surface area (Å²) in [6.07, 6.45) is 0. The Bertz CT molecular complexity index is 458. The molecule has 0 spiro atoms. The van der Waals surface area contributed by atoms with E-state index in [1.807, 2.05) is 0 Å². The van der Waals surface area contributed by atoms with Crippen LogP contribution in [0, 0.1) is 0 Å². The predicted octanol–water partition coefficient (Wildman–Crippen LogP) is 2.28. The second-order valence-corrected chi connectivity index (χ2v) is 5.89. The third-order valence-corrected chi connectivity index (χ3v) is 4.45. The van der Waals surface area contributed by atoms with Gasteiger partial charge in [0.1, 0.15) is 5.01 Å². The minimum absolute atomic E-state index is 0.997. The van der Waals surface area contributed by atoms with Gasteiger partial charge < -0.3 is 5.32 Å². The summed E-state index contributed by atoms with van der Waals surface area (Å²) in [6.45, 7) is 5.46. The number of aromatic nitrogens is 1. The molecule has 17 heavy (non-hydrogen) atoms. The van der Waals surface area contributed by atoms with Crippen LogP contribution in [-0.2, 0) is 6.54 Å². The molecule has 2 aromatic rings. The summed E-state index contributed by atoms with van der Waals surface area (Å²) in [5, 5.41) is 11.0. The fourth-order valence-corrected chi connectivity index (χ4v) is 3.48. The van der Waals surface area contributed by atoms with E-state index in [0.29, 0.717) is 0 Å². The van der Waals surface area contributed by atoms with E-state index in [9.17, 15) is 0 Å². The van der Waals surface area contributed by atoms with Crippen LogP contribution in [-0.4, -0.2) is 36.1 Å². The van der Waals surface area contributed by atoms with Crippen LogP contribution in [0.5, 0.6) is 0 Å². The summed E-state index contributed by atoms with van der Waals surface area (Å²) in [5.41, 5.74) is 2.37. The highest BCUT2D eigenvalue weighted by atomic mass is 32.1. The number of thiophene rings is 1.